The lowest BCUT2D eigenvalue weighted by Gasteiger charge is -2.21. The fourth-order valence-electron chi connectivity index (χ4n) is 2.18. The van der Waals surface area contributed by atoms with Crippen LogP contribution in [-0.4, -0.2) is 38.0 Å². The van der Waals surface area contributed by atoms with Crippen molar-refractivity contribution in [2.75, 3.05) is 13.2 Å². The molecule has 0 radical (unpaired) electrons. The molecule has 2 rings (SSSR count). The average molecular weight is 288 g/mol. The maximum Gasteiger partial charge on any atom is 0.372 e. The van der Waals surface area contributed by atoms with Crippen LogP contribution < -0.4 is 0 Å². The summed E-state index contributed by atoms with van der Waals surface area (Å²) in [5.41, 5.74) is 0.435. The first-order chi connectivity index (χ1) is 8.90. The molecule has 0 spiro atoms. The molecule has 0 saturated carbocycles. The highest BCUT2D eigenvalue weighted by Gasteiger charge is 2.29. The van der Waals surface area contributed by atoms with Gasteiger partial charge < -0.3 is 14.3 Å². The number of carbonyl (C=O) groups is 1. The number of aromatic carboxylic acids is 1. The highest BCUT2D eigenvalue weighted by Crippen LogP contribution is 2.23. The molecule has 19 heavy (non-hydrogen) atoms. The van der Waals surface area contributed by atoms with Gasteiger partial charge in [-0.15, -0.1) is 0 Å². The van der Waals surface area contributed by atoms with Crippen molar-refractivity contribution in [2.45, 2.75) is 30.8 Å². The topological polar surface area (TPSA) is 93.8 Å². The van der Waals surface area contributed by atoms with Crippen LogP contribution in [0.1, 0.15) is 34.7 Å². The molecule has 0 unspecified atom stereocenters. The Morgan fingerprint density at radius 2 is 2.05 bits per heavy atom. The normalized spacial score (nSPS) is 17.5. The van der Waals surface area contributed by atoms with E-state index in [-0.39, 0.29) is 17.3 Å². The number of carboxylic acids is 1. The lowest BCUT2D eigenvalue weighted by atomic mass is 10.2. The van der Waals surface area contributed by atoms with Crippen molar-refractivity contribution in [1.82, 2.24) is 0 Å². The molecule has 0 bridgehead atoms. The summed E-state index contributed by atoms with van der Waals surface area (Å²) in [6, 6.07) is 1.47. The molecule has 1 aromatic heterocycles. The molecule has 7 heteroatoms. The first-order valence-electron chi connectivity index (χ1n) is 6.02. The van der Waals surface area contributed by atoms with Crippen molar-refractivity contribution in [2.24, 2.45) is 0 Å². The van der Waals surface area contributed by atoms with Crippen LogP contribution >= 0.6 is 0 Å². The molecule has 1 N–H and O–H groups in total. The van der Waals surface area contributed by atoms with E-state index in [2.05, 4.69) is 0 Å². The third-order valence-corrected chi connectivity index (χ3v) is 5.36. The van der Waals surface area contributed by atoms with E-state index in [1.165, 1.54) is 6.07 Å². The fourth-order valence-corrected chi connectivity index (χ4v) is 3.87. The quantitative estimate of drug-likeness (QED) is 0.899. The largest absolute Gasteiger partial charge is 0.475 e. The summed E-state index contributed by atoms with van der Waals surface area (Å²) in [4.78, 5) is 10.8. The van der Waals surface area contributed by atoms with Crippen molar-refractivity contribution < 1.29 is 27.5 Å². The SMILES string of the molecule is Cc1cc(CS(=O)(=O)C2CCOCC2)oc1C(=O)O. The zero-order valence-electron chi connectivity index (χ0n) is 10.6. The number of rotatable bonds is 4. The smallest absolute Gasteiger partial charge is 0.372 e. The monoisotopic (exact) mass is 288 g/mol. The van der Waals surface area contributed by atoms with Gasteiger partial charge in [-0.2, -0.15) is 0 Å². The first kappa shape index (κ1) is 14.1. The Labute approximate surface area is 111 Å². The van der Waals surface area contributed by atoms with Crippen molar-refractivity contribution in [3.05, 3.63) is 23.2 Å². The summed E-state index contributed by atoms with van der Waals surface area (Å²) < 4.78 is 34.6. The Morgan fingerprint density at radius 1 is 1.42 bits per heavy atom. The fraction of sp³-hybridized carbons (Fsp3) is 0.583. The van der Waals surface area contributed by atoms with Gasteiger partial charge >= 0.3 is 5.97 Å². The first-order valence-corrected chi connectivity index (χ1v) is 7.73. The Bertz CT molecular complexity index is 565. The number of aryl methyl sites for hydroxylation is 1. The summed E-state index contributed by atoms with van der Waals surface area (Å²) >= 11 is 0. The molecule has 1 fully saturated rings. The van der Waals surface area contributed by atoms with Gasteiger partial charge in [0.1, 0.15) is 11.5 Å². The van der Waals surface area contributed by atoms with E-state index >= 15 is 0 Å². The van der Waals surface area contributed by atoms with Gasteiger partial charge in [0.15, 0.2) is 9.84 Å². The maximum absolute atomic E-state index is 12.2. The number of furan rings is 1. The van der Waals surface area contributed by atoms with E-state index in [0.717, 1.165) is 0 Å². The predicted octanol–water partition coefficient (Wildman–Crippen LogP) is 1.38. The molecule has 106 valence electrons. The minimum absolute atomic E-state index is 0.182. The molecular weight excluding hydrogens is 272 g/mol. The Kier molecular flexibility index (Phi) is 3.96. The summed E-state index contributed by atoms with van der Waals surface area (Å²) in [5.74, 6) is -1.46. The van der Waals surface area contributed by atoms with Gasteiger partial charge in [-0.05, 0) is 25.8 Å². The molecule has 0 aromatic carbocycles. The van der Waals surface area contributed by atoms with Crippen molar-refractivity contribution in [3.8, 4) is 0 Å². The number of sulfone groups is 1. The highest BCUT2D eigenvalue weighted by molar-refractivity contribution is 7.91. The molecular formula is C12H16O6S. The van der Waals surface area contributed by atoms with Gasteiger partial charge in [0.05, 0.1) is 5.25 Å². The van der Waals surface area contributed by atoms with Crippen LogP contribution in [-0.2, 0) is 20.3 Å². The molecule has 1 aliphatic rings. The van der Waals surface area contributed by atoms with Crippen molar-refractivity contribution >= 4 is 15.8 Å². The number of ether oxygens (including phenoxy) is 1. The van der Waals surface area contributed by atoms with E-state index in [4.69, 9.17) is 14.3 Å². The molecule has 1 saturated heterocycles. The standard InChI is InChI=1S/C12H16O6S/c1-8-6-9(18-11(8)12(13)14)7-19(15,16)10-2-4-17-5-3-10/h6,10H,2-5,7H2,1H3,(H,13,14). The number of hydrogen-bond acceptors (Lipinski definition) is 5. The number of hydrogen-bond donors (Lipinski definition) is 1. The van der Waals surface area contributed by atoms with Crippen LogP contribution in [0.4, 0.5) is 0 Å². The molecule has 1 aromatic rings. The third-order valence-electron chi connectivity index (χ3n) is 3.18. The average Bonchev–Trinajstić information content (AvgIpc) is 2.71. The Balaban J connectivity index is 2.15. The molecule has 1 aliphatic heterocycles. The van der Waals surface area contributed by atoms with Gasteiger partial charge in [0.2, 0.25) is 5.76 Å². The minimum atomic E-state index is -3.33. The summed E-state index contributed by atoms with van der Waals surface area (Å²) in [7, 11) is -3.33. The molecule has 2 heterocycles. The molecule has 0 aliphatic carbocycles. The van der Waals surface area contributed by atoms with Crippen molar-refractivity contribution in [1.29, 1.82) is 0 Å². The minimum Gasteiger partial charge on any atom is -0.475 e. The highest BCUT2D eigenvalue weighted by atomic mass is 32.2. The van der Waals surface area contributed by atoms with Crippen LogP contribution in [0.5, 0.6) is 0 Å². The summed E-state index contributed by atoms with van der Waals surface area (Å²) in [6.07, 6.45) is 0.960. The second-order valence-corrected chi connectivity index (χ2v) is 6.93. The maximum atomic E-state index is 12.2. The molecule has 6 nitrogen and oxygen atoms in total. The Hall–Kier alpha value is -1.34. The van der Waals surface area contributed by atoms with Crippen LogP contribution in [0, 0.1) is 6.92 Å². The lowest BCUT2D eigenvalue weighted by Crippen LogP contribution is -2.29. The molecule has 0 amide bonds. The van der Waals surface area contributed by atoms with Crippen LogP contribution in [0.15, 0.2) is 10.5 Å². The second kappa shape index (κ2) is 5.34. The third kappa shape index (κ3) is 3.16. The summed E-state index contributed by atoms with van der Waals surface area (Å²) in [5, 5.41) is 8.44. The Morgan fingerprint density at radius 3 is 2.58 bits per heavy atom. The number of carboxylic acid groups (broad SMARTS) is 1. The van der Waals surface area contributed by atoms with Gasteiger partial charge in [-0.1, -0.05) is 0 Å². The van der Waals surface area contributed by atoms with Gasteiger partial charge in [0, 0.05) is 18.8 Å². The van der Waals surface area contributed by atoms with Gasteiger partial charge in [-0.3, -0.25) is 0 Å². The molecule has 0 atom stereocenters. The van der Waals surface area contributed by atoms with E-state index in [1.54, 1.807) is 6.92 Å². The van der Waals surface area contributed by atoms with Crippen LogP contribution in [0.25, 0.3) is 0 Å². The van der Waals surface area contributed by atoms with Gasteiger partial charge in [0.25, 0.3) is 0 Å². The lowest BCUT2D eigenvalue weighted by molar-refractivity contribution is 0.0659. The zero-order valence-corrected chi connectivity index (χ0v) is 11.4. The summed E-state index contributed by atoms with van der Waals surface area (Å²) in [6.45, 7) is 2.47. The zero-order chi connectivity index (χ0) is 14.0. The second-order valence-electron chi connectivity index (χ2n) is 4.65. The van der Waals surface area contributed by atoms with Crippen LogP contribution in [0.2, 0.25) is 0 Å². The van der Waals surface area contributed by atoms with Gasteiger partial charge in [-0.25, -0.2) is 13.2 Å². The van der Waals surface area contributed by atoms with E-state index in [9.17, 15) is 13.2 Å². The van der Waals surface area contributed by atoms with E-state index in [1.807, 2.05) is 0 Å². The van der Waals surface area contributed by atoms with Crippen molar-refractivity contribution in [3.63, 3.8) is 0 Å². The van der Waals surface area contributed by atoms with E-state index < -0.39 is 21.1 Å². The van der Waals surface area contributed by atoms with E-state index in [0.29, 0.717) is 31.6 Å². The van der Waals surface area contributed by atoms with Crippen LogP contribution in [0.3, 0.4) is 0 Å². The predicted molar refractivity (Wildman–Crippen MR) is 66.9 cm³/mol.